The fourth-order valence-corrected chi connectivity index (χ4v) is 2.42. The molecular weight excluding hydrogens is 240 g/mol. The average molecular weight is 261 g/mol. The van der Waals surface area contributed by atoms with E-state index in [2.05, 4.69) is 6.08 Å². The molecule has 1 saturated heterocycles. The summed E-state index contributed by atoms with van der Waals surface area (Å²) >= 11 is 0. The van der Waals surface area contributed by atoms with E-state index in [1.54, 1.807) is 4.90 Å². The van der Waals surface area contributed by atoms with Crippen LogP contribution >= 0.6 is 12.4 Å². The van der Waals surface area contributed by atoms with Gasteiger partial charge in [0.2, 0.25) is 0 Å². The maximum Gasteiger partial charge on any atom is 0.410 e. The average Bonchev–Trinajstić information content (AvgIpc) is 2.56. The standard InChI is InChI=1S/C12H20N2O2.ClH/c1-12(2,3)16-11(15)14-6-8-4-10(13)5-9(8)7-14;/h4,8-9H,5-7,13H2,1-3H3;1H/t8-,9+;/m1./s1. The van der Waals surface area contributed by atoms with Gasteiger partial charge >= 0.3 is 6.09 Å². The molecule has 5 heteroatoms. The molecule has 0 aromatic heterocycles. The fraction of sp³-hybridized carbons (Fsp3) is 0.750. The Morgan fingerprint density at radius 2 is 2.12 bits per heavy atom. The van der Waals surface area contributed by atoms with E-state index in [9.17, 15) is 4.79 Å². The molecule has 1 amide bonds. The Kier molecular flexibility index (Phi) is 3.97. The molecule has 17 heavy (non-hydrogen) atoms. The van der Waals surface area contributed by atoms with Gasteiger partial charge in [-0.15, -0.1) is 12.4 Å². The van der Waals surface area contributed by atoms with Crippen molar-refractivity contribution in [2.24, 2.45) is 17.6 Å². The molecule has 1 heterocycles. The molecule has 2 atom stereocenters. The molecular formula is C12H21ClN2O2. The summed E-state index contributed by atoms with van der Waals surface area (Å²) in [4.78, 5) is 13.6. The number of hydrogen-bond acceptors (Lipinski definition) is 3. The summed E-state index contributed by atoms with van der Waals surface area (Å²) < 4.78 is 5.35. The van der Waals surface area contributed by atoms with Crippen LogP contribution in [0.25, 0.3) is 0 Å². The van der Waals surface area contributed by atoms with Crippen molar-refractivity contribution in [2.45, 2.75) is 32.8 Å². The van der Waals surface area contributed by atoms with Gasteiger partial charge in [0, 0.05) is 24.7 Å². The van der Waals surface area contributed by atoms with Crippen molar-refractivity contribution in [1.29, 1.82) is 0 Å². The number of allylic oxidation sites excluding steroid dienone is 1. The highest BCUT2D eigenvalue weighted by molar-refractivity contribution is 5.85. The van der Waals surface area contributed by atoms with Gasteiger partial charge in [-0.1, -0.05) is 6.08 Å². The molecule has 0 aromatic carbocycles. The van der Waals surface area contributed by atoms with E-state index in [4.69, 9.17) is 10.5 Å². The molecule has 0 bridgehead atoms. The van der Waals surface area contributed by atoms with Crippen LogP contribution in [0.5, 0.6) is 0 Å². The second kappa shape index (κ2) is 4.77. The number of nitrogens with two attached hydrogens (primary N) is 1. The lowest BCUT2D eigenvalue weighted by molar-refractivity contribution is 0.0285. The third-order valence-corrected chi connectivity index (χ3v) is 3.07. The predicted molar refractivity (Wildman–Crippen MR) is 68.9 cm³/mol. The van der Waals surface area contributed by atoms with E-state index < -0.39 is 5.60 Å². The first-order valence-corrected chi connectivity index (χ1v) is 5.79. The van der Waals surface area contributed by atoms with Crippen LogP contribution in [0.3, 0.4) is 0 Å². The third kappa shape index (κ3) is 3.28. The molecule has 0 saturated carbocycles. The molecule has 4 nitrogen and oxygen atoms in total. The van der Waals surface area contributed by atoms with Crippen molar-refractivity contribution in [1.82, 2.24) is 4.90 Å². The highest BCUT2D eigenvalue weighted by Crippen LogP contribution is 2.35. The van der Waals surface area contributed by atoms with Crippen molar-refractivity contribution >= 4 is 18.5 Å². The van der Waals surface area contributed by atoms with E-state index in [-0.39, 0.29) is 18.5 Å². The second-order valence-electron chi connectivity index (χ2n) is 5.75. The number of halogens is 1. The molecule has 1 aliphatic heterocycles. The lowest BCUT2D eigenvalue weighted by Gasteiger charge is -2.24. The topological polar surface area (TPSA) is 55.6 Å². The van der Waals surface area contributed by atoms with E-state index in [1.807, 2.05) is 20.8 Å². The van der Waals surface area contributed by atoms with Gasteiger partial charge in [0.15, 0.2) is 0 Å². The van der Waals surface area contributed by atoms with Gasteiger partial charge in [-0.05, 0) is 33.1 Å². The number of nitrogens with zero attached hydrogens (tertiary/aromatic N) is 1. The Labute approximate surface area is 109 Å². The Bertz CT molecular complexity index is 336. The summed E-state index contributed by atoms with van der Waals surface area (Å²) in [6.07, 6.45) is 2.81. The van der Waals surface area contributed by atoms with Crippen LogP contribution in [-0.2, 0) is 4.74 Å². The summed E-state index contributed by atoms with van der Waals surface area (Å²) in [5.74, 6) is 0.944. The number of hydrogen-bond donors (Lipinski definition) is 1. The summed E-state index contributed by atoms with van der Waals surface area (Å²) in [7, 11) is 0. The van der Waals surface area contributed by atoms with E-state index >= 15 is 0 Å². The second-order valence-corrected chi connectivity index (χ2v) is 5.75. The number of carbonyl (C=O) groups is 1. The normalized spacial score (nSPS) is 27.2. The molecule has 1 fully saturated rings. The summed E-state index contributed by atoms with van der Waals surface area (Å²) in [6.45, 7) is 7.19. The third-order valence-electron chi connectivity index (χ3n) is 3.07. The quantitative estimate of drug-likeness (QED) is 0.726. The van der Waals surface area contributed by atoms with Crippen molar-refractivity contribution < 1.29 is 9.53 Å². The molecule has 2 N–H and O–H groups in total. The van der Waals surface area contributed by atoms with Gasteiger partial charge in [-0.2, -0.15) is 0 Å². The highest BCUT2D eigenvalue weighted by atomic mass is 35.5. The van der Waals surface area contributed by atoms with E-state index in [1.165, 1.54) is 0 Å². The Morgan fingerprint density at radius 1 is 1.47 bits per heavy atom. The van der Waals surface area contributed by atoms with Crippen LogP contribution in [0.15, 0.2) is 11.8 Å². The Morgan fingerprint density at radius 3 is 2.65 bits per heavy atom. The Balaban J connectivity index is 0.00000144. The van der Waals surface area contributed by atoms with E-state index in [0.29, 0.717) is 11.8 Å². The Hall–Kier alpha value is -0.900. The summed E-state index contributed by atoms with van der Waals surface area (Å²) in [5.41, 5.74) is 6.33. The molecule has 1 aliphatic carbocycles. The van der Waals surface area contributed by atoms with E-state index in [0.717, 1.165) is 25.2 Å². The monoisotopic (exact) mass is 260 g/mol. The number of ether oxygens (including phenoxy) is 1. The minimum Gasteiger partial charge on any atom is -0.444 e. The fourth-order valence-electron chi connectivity index (χ4n) is 2.42. The number of likely N-dealkylation sites (tertiary alicyclic amines) is 1. The maximum atomic E-state index is 11.8. The number of fused-ring (bicyclic) bond motifs is 1. The summed E-state index contributed by atoms with van der Waals surface area (Å²) in [5, 5.41) is 0. The first-order chi connectivity index (χ1) is 7.35. The smallest absolute Gasteiger partial charge is 0.410 e. The first kappa shape index (κ1) is 14.2. The highest BCUT2D eigenvalue weighted by Gasteiger charge is 2.38. The zero-order valence-electron chi connectivity index (χ0n) is 10.6. The van der Waals surface area contributed by atoms with Crippen molar-refractivity contribution in [3.05, 3.63) is 11.8 Å². The van der Waals surface area contributed by atoms with Gasteiger partial charge in [0.1, 0.15) is 5.60 Å². The molecule has 0 spiro atoms. The van der Waals surface area contributed by atoms with Gasteiger partial charge < -0.3 is 15.4 Å². The van der Waals surface area contributed by atoms with Crippen LogP contribution in [0.2, 0.25) is 0 Å². The lowest BCUT2D eigenvalue weighted by atomic mass is 10.0. The van der Waals surface area contributed by atoms with Crippen LogP contribution in [0.1, 0.15) is 27.2 Å². The molecule has 0 unspecified atom stereocenters. The molecule has 0 radical (unpaired) electrons. The van der Waals surface area contributed by atoms with Crippen molar-refractivity contribution in [3.63, 3.8) is 0 Å². The molecule has 0 aromatic rings. The lowest BCUT2D eigenvalue weighted by Crippen LogP contribution is -2.35. The zero-order valence-corrected chi connectivity index (χ0v) is 11.4. The first-order valence-electron chi connectivity index (χ1n) is 5.79. The van der Waals surface area contributed by atoms with Crippen molar-refractivity contribution in [2.75, 3.05) is 13.1 Å². The van der Waals surface area contributed by atoms with Gasteiger partial charge in [-0.3, -0.25) is 0 Å². The van der Waals surface area contributed by atoms with Crippen molar-refractivity contribution in [3.8, 4) is 0 Å². The zero-order chi connectivity index (χ0) is 11.9. The number of carbonyl (C=O) groups excluding carboxylic acids is 1. The van der Waals surface area contributed by atoms with Gasteiger partial charge in [-0.25, -0.2) is 4.79 Å². The van der Waals surface area contributed by atoms with Gasteiger partial charge in [0.25, 0.3) is 0 Å². The number of amides is 1. The van der Waals surface area contributed by atoms with Crippen LogP contribution < -0.4 is 5.73 Å². The van der Waals surface area contributed by atoms with Crippen LogP contribution in [-0.4, -0.2) is 29.7 Å². The minimum absolute atomic E-state index is 0. The van der Waals surface area contributed by atoms with Crippen LogP contribution in [0, 0.1) is 11.8 Å². The summed E-state index contributed by atoms with van der Waals surface area (Å²) in [6, 6.07) is 0. The maximum absolute atomic E-state index is 11.8. The molecule has 2 aliphatic rings. The predicted octanol–water partition coefficient (Wildman–Crippen LogP) is 2.14. The molecule has 2 rings (SSSR count). The minimum atomic E-state index is -0.413. The largest absolute Gasteiger partial charge is 0.444 e. The SMILES string of the molecule is CC(C)(C)OC(=O)N1C[C@@H]2CC(N)=C[C@@H]2C1.Cl. The number of rotatable bonds is 0. The molecule has 98 valence electrons. The van der Waals surface area contributed by atoms with Crippen LogP contribution in [0.4, 0.5) is 4.79 Å². The van der Waals surface area contributed by atoms with Gasteiger partial charge in [0.05, 0.1) is 0 Å².